The predicted molar refractivity (Wildman–Crippen MR) is 117 cm³/mol. The van der Waals surface area contributed by atoms with Crippen molar-refractivity contribution >= 4 is 38.3 Å². The Morgan fingerprint density at radius 3 is 2.59 bits per heavy atom. The van der Waals surface area contributed by atoms with Crippen LogP contribution in [0.5, 0.6) is 5.75 Å². The number of benzene rings is 2. The van der Waals surface area contributed by atoms with Crippen molar-refractivity contribution in [2.24, 2.45) is 0 Å². The highest BCUT2D eigenvalue weighted by molar-refractivity contribution is 7.21. The van der Waals surface area contributed by atoms with Gasteiger partial charge in [0.05, 0.1) is 39.5 Å². The first-order valence-corrected chi connectivity index (χ1v) is 9.78. The second-order valence-corrected chi connectivity index (χ2v) is 7.52. The maximum Gasteiger partial charge on any atom is 0.266 e. The number of pyridine rings is 2. The van der Waals surface area contributed by atoms with E-state index in [1.165, 1.54) is 15.9 Å². The number of fused-ring (bicyclic) bond motifs is 2. The first-order chi connectivity index (χ1) is 14.2. The molecule has 5 aromatic rings. The number of nitrogen functional groups attached to an aromatic ring is 1. The molecule has 6 nitrogen and oxygen atoms in total. The predicted octanol–water partition coefficient (Wildman–Crippen LogP) is 4.25. The molecule has 0 aliphatic carbocycles. The van der Waals surface area contributed by atoms with Gasteiger partial charge < -0.3 is 10.5 Å². The Hall–Kier alpha value is -3.71. The Labute approximate surface area is 169 Å². The van der Waals surface area contributed by atoms with Gasteiger partial charge in [-0.15, -0.1) is 11.3 Å². The summed E-state index contributed by atoms with van der Waals surface area (Å²) in [4.78, 5) is 22.5. The van der Waals surface area contributed by atoms with Crippen molar-refractivity contribution in [2.45, 2.75) is 0 Å². The zero-order valence-corrected chi connectivity index (χ0v) is 16.3. The minimum atomic E-state index is -0.222. The average molecular weight is 400 g/mol. The topological polar surface area (TPSA) is 83.0 Å². The van der Waals surface area contributed by atoms with Crippen LogP contribution in [0, 0.1) is 0 Å². The first kappa shape index (κ1) is 17.4. The Balaban J connectivity index is 1.86. The van der Waals surface area contributed by atoms with E-state index >= 15 is 0 Å². The van der Waals surface area contributed by atoms with Crippen molar-refractivity contribution in [2.75, 3.05) is 12.8 Å². The molecule has 0 spiro atoms. The molecule has 29 heavy (non-hydrogen) atoms. The van der Waals surface area contributed by atoms with Crippen molar-refractivity contribution < 1.29 is 4.74 Å². The largest absolute Gasteiger partial charge is 0.497 e. The van der Waals surface area contributed by atoms with Crippen molar-refractivity contribution in [3.8, 4) is 22.0 Å². The zero-order valence-electron chi connectivity index (χ0n) is 15.5. The number of thiazole rings is 1. The summed E-state index contributed by atoms with van der Waals surface area (Å²) in [7, 11) is 1.60. The summed E-state index contributed by atoms with van der Waals surface area (Å²) in [5.41, 5.74) is 9.10. The van der Waals surface area contributed by atoms with E-state index in [0.717, 1.165) is 15.2 Å². The lowest BCUT2D eigenvalue weighted by Gasteiger charge is -2.15. The fourth-order valence-corrected chi connectivity index (χ4v) is 4.44. The summed E-state index contributed by atoms with van der Waals surface area (Å²) >= 11 is 1.53. The summed E-state index contributed by atoms with van der Waals surface area (Å²) < 4.78 is 7.78. The summed E-state index contributed by atoms with van der Waals surface area (Å²) in [6.45, 7) is 0. The van der Waals surface area contributed by atoms with Gasteiger partial charge in [-0.25, -0.2) is 4.98 Å². The van der Waals surface area contributed by atoms with Crippen LogP contribution >= 0.6 is 11.3 Å². The smallest absolute Gasteiger partial charge is 0.266 e. The average Bonchev–Trinajstić information content (AvgIpc) is 3.18. The Kier molecular flexibility index (Phi) is 4.03. The van der Waals surface area contributed by atoms with E-state index in [9.17, 15) is 4.79 Å². The lowest BCUT2D eigenvalue weighted by Crippen LogP contribution is -2.23. The van der Waals surface area contributed by atoms with Gasteiger partial charge >= 0.3 is 0 Å². The SMILES string of the molecule is COc1ccc(-n2c(N)c(-c3nc4ccccc4s3)c3ncccc3c2=O)cc1. The number of anilines is 1. The number of hydrogen-bond acceptors (Lipinski definition) is 6. The monoisotopic (exact) mass is 400 g/mol. The van der Waals surface area contributed by atoms with Crippen LogP contribution < -0.4 is 16.0 Å². The summed E-state index contributed by atoms with van der Waals surface area (Å²) in [5, 5.41) is 1.22. The van der Waals surface area contributed by atoms with Crippen LogP contribution in [0.1, 0.15) is 0 Å². The summed E-state index contributed by atoms with van der Waals surface area (Å²) in [6, 6.07) is 18.6. The summed E-state index contributed by atoms with van der Waals surface area (Å²) in [5.74, 6) is 1.01. The second kappa shape index (κ2) is 6.72. The number of aromatic nitrogens is 3. The maximum absolute atomic E-state index is 13.3. The third-order valence-electron chi connectivity index (χ3n) is 4.81. The molecule has 0 saturated carbocycles. The number of rotatable bonds is 3. The molecule has 0 amide bonds. The van der Waals surface area contributed by atoms with Crippen molar-refractivity contribution in [3.63, 3.8) is 0 Å². The molecule has 0 bridgehead atoms. The van der Waals surface area contributed by atoms with Crippen LogP contribution in [0.2, 0.25) is 0 Å². The van der Waals surface area contributed by atoms with Gasteiger partial charge in [-0.2, -0.15) is 0 Å². The molecule has 0 saturated heterocycles. The molecule has 142 valence electrons. The van der Waals surface area contributed by atoms with Crippen LogP contribution in [0.4, 0.5) is 5.82 Å². The standard InChI is InChI=1S/C22H16N4O2S/c1-28-14-10-8-13(9-11-14)26-20(23)18(19-15(22(26)27)5-4-12-24-19)21-25-16-6-2-3-7-17(16)29-21/h2-12H,23H2,1H3. The normalized spacial score (nSPS) is 11.2. The molecule has 2 N–H and O–H groups in total. The van der Waals surface area contributed by atoms with Crippen molar-refractivity contribution in [1.29, 1.82) is 0 Å². The molecule has 0 fully saturated rings. The van der Waals surface area contributed by atoms with Gasteiger partial charge in [0, 0.05) is 6.20 Å². The molecule has 5 rings (SSSR count). The fraction of sp³-hybridized carbons (Fsp3) is 0.0455. The number of hydrogen-bond donors (Lipinski definition) is 1. The highest BCUT2D eigenvalue weighted by Gasteiger charge is 2.20. The molecule has 3 heterocycles. The molecule has 7 heteroatoms. The van der Waals surface area contributed by atoms with Gasteiger partial charge in [0.15, 0.2) is 0 Å². The second-order valence-electron chi connectivity index (χ2n) is 6.49. The van der Waals surface area contributed by atoms with Crippen LogP contribution in [0.15, 0.2) is 71.7 Å². The third-order valence-corrected chi connectivity index (χ3v) is 5.87. The van der Waals surface area contributed by atoms with E-state index in [1.807, 2.05) is 24.3 Å². The number of nitrogens with two attached hydrogens (primary N) is 1. The van der Waals surface area contributed by atoms with E-state index in [4.69, 9.17) is 15.5 Å². The molecule has 3 aromatic heterocycles. The number of para-hydroxylation sites is 1. The molecule has 0 aliphatic rings. The van der Waals surface area contributed by atoms with Gasteiger partial charge in [0.25, 0.3) is 5.56 Å². The molecule has 0 atom stereocenters. The number of ether oxygens (including phenoxy) is 1. The minimum Gasteiger partial charge on any atom is -0.497 e. The molecular weight excluding hydrogens is 384 g/mol. The van der Waals surface area contributed by atoms with E-state index in [-0.39, 0.29) is 5.56 Å². The van der Waals surface area contributed by atoms with E-state index in [1.54, 1.807) is 49.7 Å². The van der Waals surface area contributed by atoms with Crippen LogP contribution in [-0.2, 0) is 0 Å². The Morgan fingerprint density at radius 2 is 1.83 bits per heavy atom. The van der Waals surface area contributed by atoms with Gasteiger partial charge in [0.1, 0.15) is 16.6 Å². The lowest BCUT2D eigenvalue weighted by molar-refractivity contribution is 0.414. The van der Waals surface area contributed by atoms with Gasteiger partial charge in [-0.1, -0.05) is 12.1 Å². The number of methoxy groups -OCH3 is 1. The fourth-order valence-electron chi connectivity index (χ4n) is 3.42. The van der Waals surface area contributed by atoms with Crippen molar-refractivity contribution in [1.82, 2.24) is 14.5 Å². The Morgan fingerprint density at radius 1 is 1.03 bits per heavy atom. The molecule has 0 aliphatic heterocycles. The molecule has 0 radical (unpaired) electrons. The maximum atomic E-state index is 13.3. The van der Waals surface area contributed by atoms with Gasteiger partial charge in [-0.05, 0) is 48.5 Å². The molecular formula is C22H16N4O2S. The Bertz CT molecular complexity index is 1390. The van der Waals surface area contributed by atoms with Crippen molar-refractivity contribution in [3.05, 3.63) is 77.2 Å². The van der Waals surface area contributed by atoms with Crippen LogP contribution in [-0.4, -0.2) is 21.6 Å². The van der Waals surface area contributed by atoms with Gasteiger partial charge in [0.2, 0.25) is 0 Å². The third kappa shape index (κ3) is 2.75. The van der Waals surface area contributed by atoms with Crippen LogP contribution in [0.3, 0.4) is 0 Å². The minimum absolute atomic E-state index is 0.222. The van der Waals surface area contributed by atoms with E-state index in [2.05, 4.69) is 4.98 Å². The lowest BCUT2D eigenvalue weighted by atomic mass is 10.1. The quantitative estimate of drug-likeness (QED) is 0.489. The van der Waals surface area contributed by atoms with Crippen LogP contribution in [0.25, 0.3) is 37.4 Å². The highest BCUT2D eigenvalue weighted by atomic mass is 32.1. The van der Waals surface area contributed by atoms with Gasteiger partial charge in [-0.3, -0.25) is 14.3 Å². The zero-order chi connectivity index (χ0) is 20.0. The first-order valence-electron chi connectivity index (χ1n) is 8.97. The highest BCUT2D eigenvalue weighted by Crippen LogP contribution is 2.37. The summed E-state index contributed by atoms with van der Waals surface area (Å²) in [6.07, 6.45) is 1.66. The molecule has 0 unspecified atom stereocenters. The van der Waals surface area contributed by atoms with E-state index < -0.39 is 0 Å². The molecule has 2 aromatic carbocycles. The number of nitrogens with zero attached hydrogens (tertiary/aromatic N) is 3. The van der Waals surface area contributed by atoms with E-state index in [0.29, 0.717) is 33.7 Å².